The van der Waals surface area contributed by atoms with Crippen LogP contribution in [0.1, 0.15) is 15.9 Å². The minimum Gasteiger partial charge on any atom is -0.333 e. The van der Waals surface area contributed by atoms with Gasteiger partial charge in [0.25, 0.3) is 5.91 Å². The molecule has 118 valence electrons. The molecule has 0 fully saturated rings. The van der Waals surface area contributed by atoms with Gasteiger partial charge in [-0.15, -0.1) is 0 Å². The number of nitrogens with one attached hydrogen (secondary N) is 1. The van der Waals surface area contributed by atoms with Gasteiger partial charge in [0.1, 0.15) is 12.4 Å². The van der Waals surface area contributed by atoms with E-state index in [4.69, 9.17) is 5.26 Å². The minimum absolute atomic E-state index is 0.232. The standard InChI is InChI=1S/C18H13FN4O/c19-15-7-5-13(6-8-15)18(24)22-21-11-14-12-23(10-9-20)17-4-2-1-3-16(14)17/h1-8,11-12H,10H2,(H,22,24)/b21-11-. The van der Waals surface area contributed by atoms with Gasteiger partial charge in [-0.3, -0.25) is 4.79 Å². The van der Waals surface area contributed by atoms with Crippen LogP contribution >= 0.6 is 0 Å². The normalized spacial score (nSPS) is 10.8. The van der Waals surface area contributed by atoms with E-state index in [0.29, 0.717) is 5.56 Å². The van der Waals surface area contributed by atoms with Crippen molar-refractivity contribution in [3.63, 3.8) is 0 Å². The predicted octanol–water partition coefficient (Wildman–Crippen LogP) is 3.07. The molecule has 0 saturated heterocycles. The number of fused-ring (bicyclic) bond motifs is 1. The second-order valence-electron chi connectivity index (χ2n) is 5.09. The highest BCUT2D eigenvalue weighted by molar-refractivity contribution is 6.00. The third-order valence-corrected chi connectivity index (χ3v) is 3.54. The van der Waals surface area contributed by atoms with E-state index in [-0.39, 0.29) is 6.54 Å². The summed E-state index contributed by atoms with van der Waals surface area (Å²) in [7, 11) is 0. The number of hydrogen-bond donors (Lipinski definition) is 1. The lowest BCUT2D eigenvalue weighted by molar-refractivity contribution is 0.0955. The Bertz CT molecular complexity index is 951. The van der Waals surface area contributed by atoms with Crippen LogP contribution in [0.4, 0.5) is 4.39 Å². The fourth-order valence-electron chi connectivity index (χ4n) is 2.41. The lowest BCUT2D eigenvalue weighted by Gasteiger charge is -1.99. The van der Waals surface area contributed by atoms with E-state index in [1.807, 2.05) is 28.8 Å². The van der Waals surface area contributed by atoms with Crippen LogP contribution in [0.15, 0.2) is 59.8 Å². The maximum Gasteiger partial charge on any atom is 0.271 e. The third-order valence-electron chi connectivity index (χ3n) is 3.54. The second kappa shape index (κ2) is 6.75. The number of carbonyl (C=O) groups is 1. The number of benzene rings is 2. The van der Waals surface area contributed by atoms with E-state index in [1.165, 1.54) is 30.5 Å². The molecule has 1 heterocycles. The molecule has 24 heavy (non-hydrogen) atoms. The van der Waals surface area contributed by atoms with Crippen molar-refractivity contribution in [2.75, 3.05) is 0 Å². The summed E-state index contributed by atoms with van der Waals surface area (Å²) in [6, 6.07) is 14.9. The summed E-state index contributed by atoms with van der Waals surface area (Å²) < 4.78 is 14.7. The monoisotopic (exact) mass is 320 g/mol. The molecular weight excluding hydrogens is 307 g/mol. The van der Waals surface area contributed by atoms with Crippen molar-refractivity contribution in [1.82, 2.24) is 9.99 Å². The van der Waals surface area contributed by atoms with Gasteiger partial charge in [-0.1, -0.05) is 18.2 Å². The van der Waals surface area contributed by atoms with E-state index in [9.17, 15) is 9.18 Å². The quantitative estimate of drug-likeness (QED) is 0.593. The van der Waals surface area contributed by atoms with Crippen molar-refractivity contribution in [3.8, 4) is 6.07 Å². The molecule has 0 aliphatic heterocycles. The van der Waals surface area contributed by atoms with Gasteiger partial charge in [0.05, 0.1) is 12.3 Å². The molecule has 1 aromatic heterocycles. The Morgan fingerprint density at radius 2 is 2.00 bits per heavy atom. The van der Waals surface area contributed by atoms with Gasteiger partial charge in [0.15, 0.2) is 0 Å². The summed E-state index contributed by atoms with van der Waals surface area (Å²) in [5, 5.41) is 13.8. The molecule has 0 aliphatic carbocycles. The van der Waals surface area contributed by atoms with Crippen molar-refractivity contribution in [3.05, 3.63) is 71.7 Å². The average molecular weight is 320 g/mol. The van der Waals surface area contributed by atoms with Gasteiger partial charge in [-0.05, 0) is 30.3 Å². The number of rotatable bonds is 4. The van der Waals surface area contributed by atoms with E-state index in [0.717, 1.165) is 16.5 Å². The van der Waals surface area contributed by atoms with Gasteiger partial charge in [0.2, 0.25) is 0 Å². The first-order valence-corrected chi connectivity index (χ1v) is 7.23. The molecule has 3 aromatic rings. The number of amides is 1. The lowest BCUT2D eigenvalue weighted by atomic mass is 10.2. The molecule has 3 rings (SSSR count). The Balaban J connectivity index is 1.79. The van der Waals surface area contributed by atoms with Crippen molar-refractivity contribution in [1.29, 1.82) is 5.26 Å². The molecule has 0 radical (unpaired) electrons. The zero-order valence-corrected chi connectivity index (χ0v) is 12.6. The van der Waals surface area contributed by atoms with Crippen LogP contribution in [0.3, 0.4) is 0 Å². The van der Waals surface area contributed by atoms with Gasteiger partial charge in [-0.2, -0.15) is 10.4 Å². The van der Waals surface area contributed by atoms with E-state index in [2.05, 4.69) is 16.6 Å². The first kappa shape index (κ1) is 15.4. The van der Waals surface area contributed by atoms with Gasteiger partial charge in [-0.25, -0.2) is 9.82 Å². The fraction of sp³-hybridized carbons (Fsp3) is 0.0556. The SMILES string of the molecule is N#CCn1cc(/C=N\NC(=O)c2ccc(F)cc2)c2ccccc21. The van der Waals surface area contributed by atoms with Crippen LogP contribution in [0.25, 0.3) is 10.9 Å². The Morgan fingerprint density at radius 1 is 1.25 bits per heavy atom. The summed E-state index contributed by atoms with van der Waals surface area (Å²) >= 11 is 0. The molecule has 5 nitrogen and oxygen atoms in total. The molecule has 0 aliphatic rings. The number of nitriles is 1. The molecule has 1 N–H and O–H groups in total. The van der Waals surface area contributed by atoms with Crippen LogP contribution in [-0.2, 0) is 6.54 Å². The molecule has 0 unspecified atom stereocenters. The first-order valence-electron chi connectivity index (χ1n) is 7.23. The Morgan fingerprint density at radius 3 is 2.75 bits per heavy atom. The maximum absolute atomic E-state index is 12.9. The number of para-hydroxylation sites is 1. The fourth-order valence-corrected chi connectivity index (χ4v) is 2.41. The second-order valence-corrected chi connectivity index (χ2v) is 5.09. The molecule has 0 atom stereocenters. The molecule has 0 spiro atoms. The summed E-state index contributed by atoms with van der Waals surface area (Å²) in [6.45, 7) is 0.232. The van der Waals surface area contributed by atoms with Crippen molar-refractivity contribution in [2.45, 2.75) is 6.54 Å². The lowest BCUT2D eigenvalue weighted by Crippen LogP contribution is -2.17. The average Bonchev–Trinajstić information content (AvgIpc) is 2.94. The molecular formula is C18H13FN4O. The summed E-state index contributed by atoms with van der Waals surface area (Å²) in [4.78, 5) is 11.9. The zero-order valence-electron chi connectivity index (χ0n) is 12.6. The van der Waals surface area contributed by atoms with E-state index < -0.39 is 11.7 Å². The molecule has 6 heteroatoms. The molecule has 0 bridgehead atoms. The molecule has 2 aromatic carbocycles. The van der Waals surface area contributed by atoms with Crippen LogP contribution in [0.2, 0.25) is 0 Å². The van der Waals surface area contributed by atoms with Gasteiger partial charge >= 0.3 is 0 Å². The smallest absolute Gasteiger partial charge is 0.271 e. The Hall–Kier alpha value is -3.46. The zero-order chi connectivity index (χ0) is 16.9. The van der Waals surface area contributed by atoms with Crippen molar-refractivity contribution < 1.29 is 9.18 Å². The van der Waals surface area contributed by atoms with Crippen molar-refractivity contribution >= 4 is 23.0 Å². The highest BCUT2D eigenvalue weighted by Crippen LogP contribution is 2.19. The number of hydrogen-bond acceptors (Lipinski definition) is 3. The highest BCUT2D eigenvalue weighted by Gasteiger charge is 2.07. The summed E-state index contributed by atoms with van der Waals surface area (Å²) in [5.41, 5.74) is 4.44. The van der Waals surface area contributed by atoms with Crippen LogP contribution in [0, 0.1) is 17.1 Å². The highest BCUT2D eigenvalue weighted by atomic mass is 19.1. The van der Waals surface area contributed by atoms with E-state index in [1.54, 1.807) is 6.20 Å². The molecule has 1 amide bonds. The third kappa shape index (κ3) is 3.15. The number of halogens is 1. The van der Waals surface area contributed by atoms with Crippen molar-refractivity contribution in [2.24, 2.45) is 5.10 Å². The Kier molecular flexibility index (Phi) is 4.34. The predicted molar refractivity (Wildman–Crippen MR) is 89.0 cm³/mol. The van der Waals surface area contributed by atoms with E-state index >= 15 is 0 Å². The summed E-state index contributed by atoms with van der Waals surface area (Å²) in [6.07, 6.45) is 3.33. The Labute approximate surface area is 137 Å². The maximum atomic E-state index is 12.9. The number of carbonyl (C=O) groups excluding carboxylic acids is 1. The van der Waals surface area contributed by atoms with Crippen LogP contribution in [-0.4, -0.2) is 16.7 Å². The van der Waals surface area contributed by atoms with Gasteiger partial charge in [0, 0.05) is 28.2 Å². The summed E-state index contributed by atoms with van der Waals surface area (Å²) in [5.74, 6) is -0.827. The van der Waals surface area contributed by atoms with Crippen LogP contribution in [0.5, 0.6) is 0 Å². The topological polar surface area (TPSA) is 70.2 Å². The van der Waals surface area contributed by atoms with Crippen LogP contribution < -0.4 is 5.43 Å². The molecule has 0 saturated carbocycles. The largest absolute Gasteiger partial charge is 0.333 e. The first-order chi connectivity index (χ1) is 11.7. The minimum atomic E-state index is -0.424. The number of nitrogens with zero attached hydrogens (tertiary/aromatic N) is 3. The number of aromatic nitrogens is 1. The number of hydrazone groups is 1. The van der Waals surface area contributed by atoms with Gasteiger partial charge < -0.3 is 4.57 Å².